The molecule has 142 valence electrons. The van der Waals surface area contributed by atoms with Crippen molar-refractivity contribution in [3.05, 3.63) is 53.1 Å². The zero-order valence-corrected chi connectivity index (χ0v) is 14.8. The highest BCUT2D eigenvalue weighted by Crippen LogP contribution is 2.22. The Morgan fingerprint density at radius 3 is 2.67 bits per heavy atom. The van der Waals surface area contributed by atoms with E-state index >= 15 is 0 Å². The summed E-state index contributed by atoms with van der Waals surface area (Å²) in [5, 5.41) is 17.6. The molecule has 0 radical (unpaired) electrons. The average molecular weight is 372 g/mol. The van der Waals surface area contributed by atoms with Crippen LogP contribution in [0.5, 0.6) is 0 Å². The fourth-order valence-electron chi connectivity index (χ4n) is 3.21. The van der Waals surface area contributed by atoms with Gasteiger partial charge in [0.25, 0.3) is 11.8 Å². The maximum absolute atomic E-state index is 13.1. The van der Waals surface area contributed by atoms with Gasteiger partial charge in [-0.05, 0) is 43.0 Å². The molecule has 2 N–H and O–H groups in total. The first-order chi connectivity index (χ1) is 13.0. The van der Waals surface area contributed by atoms with E-state index in [1.807, 2.05) is 0 Å². The number of aliphatic hydroxyl groups excluding tert-OH is 1. The summed E-state index contributed by atoms with van der Waals surface area (Å²) in [6.07, 6.45) is 1.32. The molecule has 2 aliphatic rings. The Kier molecular flexibility index (Phi) is 4.65. The zero-order chi connectivity index (χ0) is 19.0. The van der Waals surface area contributed by atoms with Crippen LogP contribution >= 0.6 is 0 Å². The van der Waals surface area contributed by atoms with E-state index < -0.39 is 17.8 Å². The maximum atomic E-state index is 13.1. The third-order valence-corrected chi connectivity index (χ3v) is 4.89. The van der Waals surface area contributed by atoms with Gasteiger partial charge in [-0.1, -0.05) is 12.1 Å². The molecule has 2 heterocycles. The SMILES string of the molecule is O=C(NC1CC1)c1cc2n(n1)CCCN(C(=O)[C@H](O)c1ccc(F)cc1)C2. The molecule has 2 aromatic rings. The lowest BCUT2D eigenvalue weighted by Crippen LogP contribution is -2.35. The van der Waals surface area contributed by atoms with Gasteiger partial charge in [-0.15, -0.1) is 0 Å². The number of aromatic nitrogens is 2. The second-order valence-corrected chi connectivity index (χ2v) is 7.06. The molecule has 0 saturated heterocycles. The topological polar surface area (TPSA) is 87.5 Å². The van der Waals surface area contributed by atoms with Crippen LogP contribution in [-0.2, 0) is 17.9 Å². The molecule has 0 spiro atoms. The van der Waals surface area contributed by atoms with E-state index in [0.717, 1.165) is 18.5 Å². The van der Waals surface area contributed by atoms with Crippen molar-refractivity contribution in [1.82, 2.24) is 20.0 Å². The highest BCUT2D eigenvalue weighted by atomic mass is 19.1. The van der Waals surface area contributed by atoms with Gasteiger partial charge in [-0.3, -0.25) is 14.3 Å². The number of aliphatic hydroxyl groups is 1. The summed E-state index contributed by atoms with van der Waals surface area (Å²) in [6, 6.07) is 7.19. The Hall–Kier alpha value is -2.74. The monoisotopic (exact) mass is 372 g/mol. The first-order valence-electron chi connectivity index (χ1n) is 9.11. The number of benzene rings is 1. The number of hydrogen-bond acceptors (Lipinski definition) is 4. The van der Waals surface area contributed by atoms with Gasteiger partial charge in [-0.2, -0.15) is 5.10 Å². The third-order valence-electron chi connectivity index (χ3n) is 4.89. The second kappa shape index (κ2) is 7.11. The predicted molar refractivity (Wildman–Crippen MR) is 94.1 cm³/mol. The number of rotatable bonds is 4. The highest BCUT2D eigenvalue weighted by Gasteiger charge is 2.29. The van der Waals surface area contributed by atoms with E-state index in [0.29, 0.717) is 30.8 Å². The minimum absolute atomic E-state index is 0.192. The molecule has 0 unspecified atom stereocenters. The van der Waals surface area contributed by atoms with E-state index in [-0.39, 0.29) is 18.5 Å². The lowest BCUT2D eigenvalue weighted by Gasteiger charge is -2.23. The van der Waals surface area contributed by atoms with Gasteiger partial charge in [-0.25, -0.2) is 4.39 Å². The van der Waals surface area contributed by atoms with Crippen molar-refractivity contribution in [1.29, 1.82) is 0 Å². The van der Waals surface area contributed by atoms with Crippen LogP contribution < -0.4 is 5.32 Å². The number of hydrogen-bond donors (Lipinski definition) is 2. The molecule has 1 saturated carbocycles. The van der Waals surface area contributed by atoms with Gasteiger partial charge in [0.05, 0.1) is 12.2 Å². The van der Waals surface area contributed by atoms with Crippen molar-refractivity contribution in [2.24, 2.45) is 0 Å². The molecular formula is C19H21FN4O3. The van der Waals surface area contributed by atoms with Crippen molar-refractivity contribution in [3.63, 3.8) is 0 Å². The number of carbonyl (C=O) groups excluding carboxylic acids is 2. The maximum Gasteiger partial charge on any atom is 0.272 e. The number of amides is 2. The number of nitrogens with one attached hydrogen (secondary N) is 1. The van der Waals surface area contributed by atoms with E-state index in [9.17, 15) is 19.1 Å². The van der Waals surface area contributed by atoms with Crippen molar-refractivity contribution in [2.45, 2.75) is 44.5 Å². The molecule has 2 amide bonds. The lowest BCUT2D eigenvalue weighted by atomic mass is 10.1. The molecule has 1 aliphatic heterocycles. The van der Waals surface area contributed by atoms with Crippen LogP contribution in [0.3, 0.4) is 0 Å². The van der Waals surface area contributed by atoms with Gasteiger partial charge < -0.3 is 15.3 Å². The van der Waals surface area contributed by atoms with Crippen molar-refractivity contribution < 1.29 is 19.1 Å². The summed E-state index contributed by atoms with van der Waals surface area (Å²) < 4.78 is 14.8. The Balaban J connectivity index is 1.48. The smallest absolute Gasteiger partial charge is 0.272 e. The molecule has 1 aliphatic carbocycles. The van der Waals surface area contributed by atoms with Crippen LogP contribution in [0.15, 0.2) is 30.3 Å². The third kappa shape index (κ3) is 3.85. The molecule has 1 fully saturated rings. The molecular weight excluding hydrogens is 351 g/mol. The minimum Gasteiger partial charge on any atom is -0.378 e. The van der Waals surface area contributed by atoms with Crippen LogP contribution in [0.4, 0.5) is 4.39 Å². The van der Waals surface area contributed by atoms with Crippen LogP contribution in [-0.4, -0.2) is 44.2 Å². The van der Waals surface area contributed by atoms with Gasteiger partial charge in [0.2, 0.25) is 0 Å². The highest BCUT2D eigenvalue weighted by molar-refractivity contribution is 5.92. The average Bonchev–Trinajstić information content (AvgIpc) is 3.43. The van der Waals surface area contributed by atoms with E-state index in [1.54, 1.807) is 15.6 Å². The van der Waals surface area contributed by atoms with Gasteiger partial charge in [0.1, 0.15) is 5.82 Å². The first kappa shape index (κ1) is 17.7. The van der Waals surface area contributed by atoms with Gasteiger partial charge >= 0.3 is 0 Å². The Morgan fingerprint density at radius 1 is 1.22 bits per heavy atom. The van der Waals surface area contributed by atoms with Crippen molar-refractivity contribution in [3.8, 4) is 0 Å². The minimum atomic E-state index is -1.35. The molecule has 27 heavy (non-hydrogen) atoms. The van der Waals surface area contributed by atoms with E-state index in [2.05, 4.69) is 10.4 Å². The quantitative estimate of drug-likeness (QED) is 0.849. The standard InChI is InChI=1S/C19H21FN4O3/c20-13-4-2-12(3-5-13)17(25)19(27)23-8-1-9-24-15(11-23)10-16(22-24)18(26)21-14-6-7-14/h2-5,10,14,17,25H,1,6-9,11H2,(H,21,26)/t17-/m1/s1. The number of halogens is 1. The normalized spacial score (nSPS) is 17.8. The Bertz CT molecular complexity index is 860. The summed E-state index contributed by atoms with van der Waals surface area (Å²) in [6.45, 7) is 1.34. The second-order valence-electron chi connectivity index (χ2n) is 7.06. The number of fused-ring (bicyclic) bond motifs is 1. The molecule has 4 rings (SSSR count). The van der Waals surface area contributed by atoms with Crippen LogP contribution in [0, 0.1) is 5.82 Å². The summed E-state index contributed by atoms with van der Waals surface area (Å²) >= 11 is 0. The Morgan fingerprint density at radius 2 is 1.96 bits per heavy atom. The van der Waals surface area contributed by atoms with E-state index in [4.69, 9.17) is 0 Å². The van der Waals surface area contributed by atoms with Crippen molar-refractivity contribution >= 4 is 11.8 Å². The Labute approximate surface area is 155 Å². The summed E-state index contributed by atoms with van der Waals surface area (Å²) in [5.41, 5.74) is 1.46. The molecule has 1 aromatic carbocycles. The predicted octanol–water partition coefficient (Wildman–Crippen LogP) is 1.38. The number of aryl methyl sites for hydroxylation is 1. The first-order valence-corrected chi connectivity index (χ1v) is 9.11. The van der Waals surface area contributed by atoms with Crippen molar-refractivity contribution in [2.75, 3.05) is 6.54 Å². The lowest BCUT2D eigenvalue weighted by molar-refractivity contribution is -0.141. The van der Waals surface area contributed by atoms with E-state index in [1.165, 1.54) is 24.3 Å². The van der Waals surface area contributed by atoms with Crippen LogP contribution in [0.2, 0.25) is 0 Å². The summed E-state index contributed by atoms with van der Waals surface area (Å²) in [5.74, 6) is -1.06. The summed E-state index contributed by atoms with van der Waals surface area (Å²) in [4.78, 5) is 26.5. The molecule has 0 bridgehead atoms. The fraction of sp³-hybridized carbons (Fsp3) is 0.421. The fourth-order valence-corrected chi connectivity index (χ4v) is 3.21. The molecule has 1 aromatic heterocycles. The molecule has 8 heteroatoms. The van der Waals surface area contributed by atoms with Crippen LogP contribution in [0.25, 0.3) is 0 Å². The van der Waals surface area contributed by atoms with Gasteiger partial charge in [0, 0.05) is 19.1 Å². The largest absolute Gasteiger partial charge is 0.378 e. The zero-order valence-electron chi connectivity index (χ0n) is 14.8. The summed E-state index contributed by atoms with van der Waals surface area (Å²) in [7, 11) is 0. The molecule has 1 atom stereocenters. The van der Waals surface area contributed by atoms with Gasteiger partial charge in [0.15, 0.2) is 11.8 Å². The molecule has 7 nitrogen and oxygen atoms in total. The number of nitrogens with zero attached hydrogens (tertiary/aromatic N) is 3. The van der Waals surface area contributed by atoms with Crippen LogP contribution in [0.1, 0.15) is 47.1 Å². The number of carbonyl (C=O) groups is 2.